The van der Waals surface area contributed by atoms with Crippen LogP contribution in [0, 0.1) is 0 Å². The molecule has 0 radical (unpaired) electrons. The summed E-state index contributed by atoms with van der Waals surface area (Å²) in [4.78, 5) is 37.9. The number of carbonyl (C=O) groups excluding carboxylic acids is 3. The lowest BCUT2D eigenvalue weighted by molar-refractivity contribution is 0.0693. The molecule has 2 aliphatic heterocycles. The van der Waals surface area contributed by atoms with E-state index in [-0.39, 0.29) is 21.6 Å². The molecular weight excluding hydrogens is 418 g/mol. The number of nitrogens with one attached hydrogen (secondary N) is 1. The lowest BCUT2D eigenvalue weighted by Gasteiger charge is -2.20. The van der Waals surface area contributed by atoms with Crippen molar-refractivity contribution in [3.05, 3.63) is 59.2 Å². The third kappa shape index (κ3) is 3.98. The van der Waals surface area contributed by atoms with Crippen LogP contribution in [0.4, 0.5) is 5.69 Å². The van der Waals surface area contributed by atoms with Crippen LogP contribution in [-0.4, -0.2) is 55.5 Å². The topological polar surface area (TPSA) is 104 Å². The van der Waals surface area contributed by atoms with E-state index in [4.69, 9.17) is 0 Å². The Kier molecular flexibility index (Phi) is 5.63. The normalized spacial score (nSPS) is 17.4. The number of carbonyl (C=O) groups is 3. The molecule has 0 aliphatic carbocycles. The third-order valence-corrected chi connectivity index (χ3v) is 7.58. The maximum atomic E-state index is 12.9. The van der Waals surface area contributed by atoms with Gasteiger partial charge in [0.1, 0.15) is 0 Å². The molecule has 1 N–H and O–H groups in total. The number of imide groups is 1. The Hall–Kier alpha value is -3.04. The van der Waals surface area contributed by atoms with Crippen molar-refractivity contribution in [2.45, 2.75) is 30.6 Å². The molecule has 0 unspecified atom stereocenters. The number of benzene rings is 2. The van der Waals surface area contributed by atoms with E-state index in [2.05, 4.69) is 5.32 Å². The fourth-order valence-electron chi connectivity index (χ4n) is 3.85. The number of sulfonamides is 1. The number of anilines is 1. The quantitative estimate of drug-likeness (QED) is 0.735. The summed E-state index contributed by atoms with van der Waals surface area (Å²) in [5, 5.41) is 2.70. The van der Waals surface area contributed by atoms with Crippen LogP contribution in [0.2, 0.25) is 0 Å². The minimum absolute atomic E-state index is 0.192. The first kappa shape index (κ1) is 21.2. The lowest BCUT2D eigenvalue weighted by Crippen LogP contribution is -2.31. The Balaban J connectivity index is 1.49. The molecule has 1 fully saturated rings. The van der Waals surface area contributed by atoms with Crippen LogP contribution in [0.25, 0.3) is 0 Å². The first-order valence-electron chi connectivity index (χ1n) is 10.2. The molecule has 0 atom stereocenters. The number of amides is 3. The predicted octanol–water partition coefficient (Wildman–Crippen LogP) is 2.73. The average molecular weight is 442 g/mol. The van der Waals surface area contributed by atoms with Crippen molar-refractivity contribution in [2.75, 3.05) is 25.5 Å². The van der Waals surface area contributed by atoms with Gasteiger partial charge >= 0.3 is 0 Å². The second-order valence-corrected chi connectivity index (χ2v) is 9.66. The van der Waals surface area contributed by atoms with E-state index in [0.29, 0.717) is 18.8 Å². The van der Waals surface area contributed by atoms with Crippen LogP contribution in [0.1, 0.15) is 56.8 Å². The van der Waals surface area contributed by atoms with Crippen LogP contribution in [0.15, 0.2) is 47.4 Å². The van der Waals surface area contributed by atoms with Gasteiger partial charge in [0.05, 0.1) is 16.0 Å². The van der Waals surface area contributed by atoms with Crippen LogP contribution in [-0.2, 0) is 10.0 Å². The first-order chi connectivity index (χ1) is 14.8. The number of nitrogens with zero attached hydrogens (tertiary/aromatic N) is 2. The molecule has 3 amide bonds. The number of fused-ring (bicyclic) bond motifs is 1. The smallest absolute Gasteiger partial charge is 0.261 e. The fourth-order valence-corrected chi connectivity index (χ4v) is 5.36. The van der Waals surface area contributed by atoms with Crippen molar-refractivity contribution in [3.63, 3.8) is 0 Å². The molecule has 8 nitrogen and oxygen atoms in total. The molecule has 2 aromatic rings. The molecule has 2 aromatic carbocycles. The fraction of sp³-hybridized carbons (Fsp3) is 0.318. The standard InChI is InChI=1S/C22H23N3O5S/c1-24-21(27)18-11-6-15(14-19(18)22(24)28)20(26)23-16-7-9-17(10-8-16)31(29,30)25-12-4-2-3-5-13-25/h6-11,14H,2-5,12-13H2,1H3,(H,23,26). The maximum absolute atomic E-state index is 12.9. The Morgan fingerprint density at radius 1 is 0.871 bits per heavy atom. The molecular formula is C22H23N3O5S. The van der Waals surface area contributed by atoms with Gasteiger partial charge < -0.3 is 5.32 Å². The maximum Gasteiger partial charge on any atom is 0.261 e. The Bertz CT molecular complexity index is 1150. The average Bonchev–Trinajstić information content (AvgIpc) is 2.98. The number of hydrogen-bond donors (Lipinski definition) is 1. The van der Waals surface area contributed by atoms with Crippen LogP contribution in [0.5, 0.6) is 0 Å². The van der Waals surface area contributed by atoms with E-state index in [9.17, 15) is 22.8 Å². The summed E-state index contributed by atoms with van der Waals surface area (Å²) in [6.45, 7) is 1.05. The summed E-state index contributed by atoms with van der Waals surface area (Å²) >= 11 is 0. The highest BCUT2D eigenvalue weighted by molar-refractivity contribution is 7.89. The van der Waals surface area contributed by atoms with Crippen molar-refractivity contribution < 1.29 is 22.8 Å². The second kappa shape index (κ2) is 8.24. The summed E-state index contributed by atoms with van der Waals surface area (Å²) < 4.78 is 27.2. The molecule has 0 bridgehead atoms. The van der Waals surface area contributed by atoms with Gasteiger partial charge in [-0.3, -0.25) is 19.3 Å². The van der Waals surface area contributed by atoms with Gasteiger partial charge in [0.15, 0.2) is 0 Å². The molecule has 0 spiro atoms. The Morgan fingerprint density at radius 3 is 2.13 bits per heavy atom. The zero-order valence-corrected chi connectivity index (χ0v) is 17.9. The van der Waals surface area contributed by atoms with E-state index < -0.39 is 27.7 Å². The van der Waals surface area contributed by atoms with Crippen LogP contribution < -0.4 is 5.32 Å². The van der Waals surface area contributed by atoms with Gasteiger partial charge in [0, 0.05) is 31.4 Å². The molecule has 0 saturated carbocycles. The van der Waals surface area contributed by atoms with E-state index in [1.54, 1.807) is 12.1 Å². The minimum Gasteiger partial charge on any atom is -0.322 e. The van der Waals surface area contributed by atoms with Crippen molar-refractivity contribution >= 4 is 33.4 Å². The molecule has 2 aliphatic rings. The van der Waals surface area contributed by atoms with Gasteiger partial charge in [0.25, 0.3) is 17.7 Å². The van der Waals surface area contributed by atoms with Crippen molar-refractivity contribution in [1.29, 1.82) is 0 Å². The van der Waals surface area contributed by atoms with Crippen LogP contribution in [0.3, 0.4) is 0 Å². The lowest BCUT2D eigenvalue weighted by atomic mass is 10.1. The first-order valence-corrected chi connectivity index (χ1v) is 11.6. The zero-order chi connectivity index (χ0) is 22.2. The Morgan fingerprint density at radius 2 is 1.48 bits per heavy atom. The highest BCUT2D eigenvalue weighted by atomic mass is 32.2. The van der Waals surface area contributed by atoms with E-state index in [0.717, 1.165) is 30.6 Å². The zero-order valence-electron chi connectivity index (χ0n) is 17.1. The molecule has 0 aromatic heterocycles. The molecule has 4 rings (SSSR count). The second-order valence-electron chi connectivity index (χ2n) is 7.73. The highest BCUT2D eigenvalue weighted by Gasteiger charge is 2.33. The van der Waals surface area contributed by atoms with Crippen LogP contribution >= 0.6 is 0 Å². The molecule has 2 heterocycles. The monoisotopic (exact) mass is 441 g/mol. The SMILES string of the molecule is CN1C(=O)c2ccc(C(=O)Nc3ccc(S(=O)(=O)N4CCCCCC4)cc3)cc2C1=O. The van der Waals surface area contributed by atoms with Gasteiger partial charge in [-0.2, -0.15) is 4.31 Å². The summed E-state index contributed by atoms with van der Waals surface area (Å²) in [5.74, 6) is -1.30. The minimum atomic E-state index is -3.56. The molecule has 1 saturated heterocycles. The largest absolute Gasteiger partial charge is 0.322 e. The summed E-state index contributed by atoms with van der Waals surface area (Å²) in [6.07, 6.45) is 3.79. The van der Waals surface area contributed by atoms with Gasteiger partial charge in [-0.1, -0.05) is 12.8 Å². The molecule has 9 heteroatoms. The Labute approximate surface area is 180 Å². The van der Waals surface area contributed by atoms with Crippen molar-refractivity contribution in [1.82, 2.24) is 9.21 Å². The summed E-state index contributed by atoms with van der Waals surface area (Å²) in [6, 6.07) is 10.4. The highest BCUT2D eigenvalue weighted by Crippen LogP contribution is 2.24. The van der Waals surface area contributed by atoms with Gasteiger partial charge in [-0.15, -0.1) is 0 Å². The van der Waals surface area contributed by atoms with Gasteiger partial charge in [0.2, 0.25) is 10.0 Å². The molecule has 162 valence electrons. The van der Waals surface area contributed by atoms with E-state index >= 15 is 0 Å². The van der Waals surface area contributed by atoms with Gasteiger partial charge in [-0.05, 0) is 55.3 Å². The van der Waals surface area contributed by atoms with E-state index in [1.807, 2.05) is 0 Å². The number of hydrogen-bond acceptors (Lipinski definition) is 5. The number of rotatable bonds is 4. The van der Waals surface area contributed by atoms with Crippen molar-refractivity contribution in [2.24, 2.45) is 0 Å². The summed E-state index contributed by atoms with van der Waals surface area (Å²) in [5.41, 5.74) is 1.13. The van der Waals surface area contributed by atoms with Gasteiger partial charge in [-0.25, -0.2) is 8.42 Å². The summed E-state index contributed by atoms with van der Waals surface area (Å²) in [7, 11) is -2.17. The third-order valence-electron chi connectivity index (χ3n) is 5.67. The molecule has 31 heavy (non-hydrogen) atoms. The van der Waals surface area contributed by atoms with E-state index in [1.165, 1.54) is 41.7 Å². The predicted molar refractivity (Wildman–Crippen MR) is 114 cm³/mol. The van der Waals surface area contributed by atoms with Crippen molar-refractivity contribution in [3.8, 4) is 0 Å².